The number of halogens is 6. The summed E-state index contributed by atoms with van der Waals surface area (Å²) < 4.78 is 88.3. The molecule has 0 N–H and O–H groups in total. The topological polar surface area (TPSA) is 29.5 Å². The molecule has 156 valence electrons. The Morgan fingerprint density at radius 1 is 0.966 bits per heavy atom. The summed E-state index contributed by atoms with van der Waals surface area (Å²) in [5, 5.41) is 0. The molecule has 0 amide bonds. The van der Waals surface area contributed by atoms with E-state index in [0.717, 1.165) is 12.1 Å². The third kappa shape index (κ3) is 4.09. The zero-order valence-electron chi connectivity index (χ0n) is 15.1. The Bertz CT molecular complexity index is 904. The van der Waals surface area contributed by atoms with Crippen LogP contribution < -0.4 is 0 Å². The van der Waals surface area contributed by atoms with Crippen LogP contribution in [0.25, 0.3) is 0 Å². The average molecular weight is 435 g/mol. The summed E-state index contributed by atoms with van der Waals surface area (Å²) in [4.78, 5) is 11.3. The van der Waals surface area contributed by atoms with Gasteiger partial charge in [-0.1, -0.05) is 12.1 Å². The van der Waals surface area contributed by atoms with Crippen LogP contribution >= 0.6 is 11.9 Å². The fourth-order valence-corrected chi connectivity index (χ4v) is 3.95. The lowest BCUT2D eigenvalue weighted by molar-refractivity contribution is -0.149. The molecule has 0 bridgehead atoms. The van der Waals surface area contributed by atoms with E-state index < -0.39 is 51.3 Å². The Kier molecular flexibility index (Phi) is 6.13. The number of carbonyl (C=O) groups excluding carboxylic acids is 1. The van der Waals surface area contributed by atoms with Crippen LogP contribution in [-0.4, -0.2) is 22.4 Å². The largest absolute Gasteiger partial charge is 0.465 e. The molecule has 0 spiro atoms. The van der Waals surface area contributed by atoms with Gasteiger partial charge in [-0.25, -0.2) is 30.6 Å². The lowest BCUT2D eigenvalue weighted by Gasteiger charge is -2.29. The number of hydrogen-bond acceptors (Lipinski definition) is 4. The highest BCUT2D eigenvalue weighted by Crippen LogP contribution is 2.49. The Morgan fingerprint density at radius 2 is 1.48 bits per heavy atom. The summed E-state index contributed by atoms with van der Waals surface area (Å²) in [6.07, 6.45) is 0.546. The molecular formula is C19H15F6NO2S. The molecule has 0 saturated heterocycles. The molecule has 1 fully saturated rings. The first kappa shape index (κ1) is 21.5. The van der Waals surface area contributed by atoms with Crippen molar-refractivity contribution < 1.29 is 35.9 Å². The second-order valence-corrected chi connectivity index (χ2v) is 7.44. The van der Waals surface area contributed by atoms with Crippen molar-refractivity contribution in [1.82, 2.24) is 4.31 Å². The third-order valence-corrected chi connectivity index (χ3v) is 5.71. The van der Waals surface area contributed by atoms with Gasteiger partial charge in [0, 0.05) is 6.54 Å². The van der Waals surface area contributed by atoms with Crippen molar-refractivity contribution in [2.24, 2.45) is 0 Å². The molecule has 3 nitrogen and oxygen atoms in total. The summed E-state index contributed by atoms with van der Waals surface area (Å²) in [6, 6.07) is 5.09. The van der Waals surface area contributed by atoms with Gasteiger partial charge in [0.15, 0.2) is 23.3 Å². The molecule has 29 heavy (non-hydrogen) atoms. The second-order valence-electron chi connectivity index (χ2n) is 6.41. The van der Waals surface area contributed by atoms with Crippen molar-refractivity contribution in [3.8, 4) is 0 Å². The minimum absolute atomic E-state index is 0.0537. The minimum Gasteiger partial charge on any atom is -0.465 e. The fraction of sp³-hybridized carbons (Fsp3) is 0.316. The maximum Gasteiger partial charge on any atom is 0.327 e. The Morgan fingerprint density at radius 3 is 1.97 bits per heavy atom. The van der Waals surface area contributed by atoms with Gasteiger partial charge in [0.05, 0.1) is 6.61 Å². The standard InChI is InChI=1S/C19H15F6NO2S/c1-2-28-18(27)19(7-8-19)26(9-10-3-5-11(20)6-4-10)29-17-15(24)13(22)12(21)14(23)16(17)25/h3-6H,2,7-9H2,1H3. The molecule has 0 heterocycles. The first-order valence-electron chi connectivity index (χ1n) is 8.60. The van der Waals surface area contributed by atoms with Crippen molar-refractivity contribution in [2.45, 2.75) is 36.7 Å². The zero-order chi connectivity index (χ0) is 21.3. The van der Waals surface area contributed by atoms with E-state index >= 15 is 0 Å². The van der Waals surface area contributed by atoms with E-state index in [2.05, 4.69) is 0 Å². The van der Waals surface area contributed by atoms with E-state index in [4.69, 9.17) is 4.74 Å². The maximum absolute atomic E-state index is 14.2. The van der Waals surface area contributed by atoms with E-state index in [1.54, 1.807) is 6.92 Å². The molecule has 0 unspecified atom stereocenters. The fourth-order valence-electron chi connectivity index (χ4n) is 2.74. The molecule has 10 heteroatoms. The number of hydrogen-bond donors (Lipinski definition) is 0. The van der Waals surface area contributed by atoms with E-state index in [-0.39, 0.29) is 37.9 Å². The van der Waals surface area contributed by atoms with Crippen LogP contribution in [0, 0.1) is 34.9 Å². The van der Waals surface area contributed by atoms with E-state index in [0.29, 0.717) is 5.56 Å². The number of rotatable bonds is 7. The molecule has 1 aliphatic carbocycles. The van der Waals surface area contributed by atoms with Crippen LogP contribution in [0.5, 0.6) is 0 Å². The Hall–Kier alpha value is -2.20. The van der Waals surface area contributed by atoms with Gasteiger partial charge in [0.1, 0.15) is 16.3 Å². The van der Waals surface area contributed by atoms with Crippen LogP contribution in [0.1, 0.15) is 25.3 Å². The molecule has 1 saturated carbocycles. The van der Waals surface area contributed by atoms with Gasteiger partial charge in [-0.3, -0.25) is 4.79 Å². The predicted octanol–water partition coefficient (Wildman–Crippen LogP) is 5.13. The first-order valence-corrected chi connectivity index (χ1v) is 9.37. The summed E-state index contributed by atoms with van der Waals surface area (Å²) >= 11 is 0.244. The molecule has 0 radical (unpaired) electrons. The van der Waals surface area contributed by atoms with Crippen molar-refractivity contribution in [3.63, 3.8) is 0 Å². The molecule has 2 aromatic rings. The molecule has 0 aliphatic heterocycles. The molecular weight excluding hydrogens is 420 g/mol. The van der Waals surface area contributed by atoms with Crippen molar-refractivity contribution in [1.29, 1.82) is 0 Å². The number of benzene rings is 2. The zero-order valence-corrected chi connectivity index (χ0v) is 15.9. The van der Waals surface area contributed by atoms with E-state index in [1.807, 2.05) is 0 Å². The smallest absolute Gasteiger partial charge is 0.327 e. The van der Waals surface area contributed by atoms with Gasteiger partial charge >= 0.3 is 5.97 Å². The number of esters is 1. The molecule has 2 aromatic carbocycles. The second kappa shape index (κ2) is 8.27. The number of ether oxygens (including phenoxy) is 1. The normalized spacial score (nSPS) is 14.9. The SMILES string of the molecule is CCOC(=O)C1(N(Cc2ccc(F)cc2)Sc2c(F)c(F)c(F)c(F)c2F)CC1. The van der Waals surface area contributed by atoms with Gasteiger partial charge in [-0.05, 0) is 49.4 Å². The summed E-state index contributed by atoms with van der Waals surface area (Å²) in [5.41, 5.74) is -0.812. The highest BCUT2D eigenvalue weighted by atomic mass is 32.2. The van der Waals surface area contributed by atoms with Gasteiger partial charge in [0.2, 0.25) is 5.82 Å². The molecule has 0 aromatic heterocycles. The van der Waals surface area contributed by atoms with Gasteiger partial charge < -0.3 is 4.74 Å². The highest BCUT2D eigenvalue weighted by molar-refractivity contribution is 7.97. The predicted molar refractivity (Wildman–Crippen MR) is 92.6 cm³/mol. The monoisotopic (exact) mass is 435 g/mol. The van der Waals surface area contributed by atoms with Crippen molar-refractivity contribution in [3.05, 3.63) is 64.7 Å². The van der Waals surface area contributed by atoms with E-state index in [9.17, 15) is 31.1 Å². The summed E-state index contributed by atoms with van der Waals surface area (Å²) in [7, 11) is 0. The maximum atomic E-state index is 14.2. The molecule has 0 atom stereocenters. The lowest BCUT2D eigenvalue weighted by Crippen LogP contribution is -2.40. The molecule has 1 aliphatic rings. The van der Waals surface area contributed by atoms with Gasteiger partial charge in [-0.15, -0.1) is 0 Å². The van der Waals surface area contributed by atoms with Crippen LogP contribution in [0.4, 0.5) is 26.3 Å². The van der Waals surface area contributed by atoms with Crippen LogP contribution in [-0.2, 0) is 16.1 Å². The molecule has 3 rings (SSSR count). The summed E-state index contributed by atoms with van der Waals surface area (Å²) in [6.45, 7) is 1.51. The Labute approximate surface area is 166 Å². The van der Waals surface area contributed by atoms with Gasteiger partial charge in [0.25, 0.3) is 0 Å². The van der Waals surface area contributed by atoms with Crippen LogP contribution in [0.15, 0.2) is 29.2 Å². The van der Waals surface area contributed by atoms with Crippen molar-refractivity contribution >= 4 is 17.9 Å². The van der Waals surface area contributed by atoms with Crippen LogP contribution in [0.3, 0.4) is 0 Å². The van der Waals surface area contributed by atoms with E-state index in [1.165, 1.54) is 16.4 Å². The van der Waals surface area contributed by atoms with Crippen LogP contribution in [0.2, 0.25) is 0 Å². The van der Waals surface area contributed by atoms with Gasteiger partial charge in [-0.2, -0.15) is 0 Å². The van der Waals surface area contributed by atoms with Crippen molar-refractivity contribution in [2.75, 3.05) is 6.61 Å². The quantitative estimate of drug-likeness (QED) is 0.198. The minimum atomic E-state index is -2.26. The highest BCUT2D eigenvalue weighted by Gasteiger charge is 2.57. The Balaban J connectivity index is 2.01. The number of nitrogens with zero attached hydrogens (tertiary/aromatic N) is 1. The average Bonchev–Trinajstić information content (AvgIpc) is 3.51. The summed E-state index contributed by atoms with van der Waals surface area (Å²) in [5.74, 6) is -11.6. The lowest BCUT2D eigenvalue weighted by atomic mass is 10.2. The number of carbonyl (C=O) groups is 1. The third-order valence-electron chi connectivity index (χ3n) is 4.47. The first-order chi connectivity index (χ1) is 13.7.